The highest BCUT2D eigenvalue weighted by Crippen LogP contribution is 2.33. The number of rotatable bonds is 8. The number of pyridine rings is 1. The molecular formula is C32H33ClN6O2. The Morgan fingerprint density at radius 3 is 2.61 bits per heavy atom. The Hall–Kier alpha value is -4.35. The smallest absolute Gasteiger partial charge is 0.262 e. The topological polar surface area (TPSA) is 83.4 Å². The van der Waals surface area contributed by atoms with E-state index in [1.807, 2.05) is 42.2 Å². The summed E-state index contributed by atoms with van der Waals surface area (Å²) in [6, 6.07) is 14.4. The third kappa shape index (κ3) is 6.06. The Kier molecular flexibility index (Phi) is 8.55. The van der Waals surface area contributed by atoms with Gasteiger partial charge in [0.25, 0.3) is 11.5 Å². The molecule has 0 bridgehead atoms. The van der Waals surface area contributed by atoms with Crippen LogP contribution in [0.5, 0.6) is 0 Å². The average molecular weight is 569 g/mol. The van der Waals surface area contributed by atoms with Crippen LogP contribution in [0.4, 0.5) is 11.6 Å². The number of carbonyl (C=O) groups excluding carboxylic acids is 1. The molecule has 0 aliphatic carbocycles. The molecule has 4 aromatic rings. The number of aromatic nitrogens is 3. The molecule has 1 unspecified atom stereocenters. The molecule has 1 aliphatic rings. The van der Waals surface area contributed by atoms with E-state index in [2.05, 4.69) is 21.1 Å². The van der Waals surface area contributed by atoms with Crippen LogP contribution in [0.2, 0.25) is 5.02 Å². The van der Waals surface area contributed by atoms with Crippen LogP contribution in [0.25, 0.3) is 10.9 Å². The van der Waals surface area contributed by atoms with E-state index >= 15 is 0 Å². The number of piperidine rings is 1. The van der Waals surface area contributed by atoms with E-state index in [4.69, 9.17) is 23.0 Å². The summed E-state index contributed by atoms with van der Waals surface area (Å²) in [5, 5.41) is 3.95. The van der Waals surface area contributed by atoms with Gasteiger partial charge in [-0.25, -0.2) is 4.98 Å². The Labute approximate surface area is 245 Å². The Bertz CT molecular complexity index is 1640. The molecule has 41 heavy (non-hydrogen) atoms. The highest BCUT2D eigenvalue weighted by Gasteiger charge is 2.23. The summed E-state index contributed by atoms with van der Waals surface area (Å²) < 4.78 is 1.63. The molecule has 210 valence electrons. The van der Waals surface area contributed by atoms with Gasteiger partial charge in [0, 0.05) is 55.3 Å². The van der Waals surface area contributed by atoms with Gasteiger partial charge < -0.3 is 15.1 Å². The van der Waals surface area contributed by atoms with Gasteiger partial charge in [0.2, 0.25) is 5.95 Å². The minimum absolute atomic E-state index is 0.106. The van der Waals surface area contributed by atoms with Crippen molar-refractivity contribution in [3.8, 4) is 12.3 Å². The molecule has 1 fully saturated rings. The number of nitrogens with zero attached hydrogens (tertiary/aromatic N) is 5. The second-order valence-electron chi connectivity index (χ2n) is 10.3. The zero-order chi connectivity index (χ0) is 28.9. The third-order valence-electron chi connectivity index (χ3n) is 7.63. The number of amides is 1. The average Bonchev–Trinajstić information content (AvgIpc) is 3.01. The lowest BCUT2D eigenvalue weighted by atomic mass is 10.0. The van der Waals surface area contributed by atoms with Gasteiger partial charge in [-0.2, -0.15) is 0 Å². The first-order chi connectivity index (χ1) is 19.9. The number of hydrogen-bond acceptors (Lipinski definition) is 6. The molecule has 5 rings (SSSR count). The monoisotopic (exact) mass is 568 g/mol. The molecule has 2 aromatic heterocycles. The molecule has 2 aromatic carbocycles. The minimum atomic E-state index is -0.250. The summed E-state index contributed by atoms with van der Waals surface area (Å²) in [5.74, 6) is 3.23. The van der Waals surface area contributed by atoms with Gasteiger partial charge in [-0.3, -0.25) is 19.1 Å². The maximum atomic E-state index is 13.5. The molecule has 0 radical (unpaired) electrons. The van der Waals surface area contributed by atoms with Crippen molar-refractivity contribution in [2.75, 3.05) is 29.4 Å². The number of hydrogen-bond donors (Lipinski definition) is 1. The van der Waals surface area contributed by atoms with Crippen molar-refractivity contribution in [1.82, 2.24) is 19.9 Å². The van der Waals surface area contributed by atoms with Crippen molar-refractivity contribution >= 4 is 40.0 Å². The summed E-state index contributed by atoms with van der Waals surface area (Å²) in [6.45, 7) is 4.48. The number of anilines is 2. The SMILES string of the molecule is C#CCN(c1ccc(C(=O)NCc2cccnc2)cc1)C(C)c1cc2c(=O)n(C)c(N3CCCCC3)nc2cc1Cl. The van der Waals surface area contributed by atoms with Crippen LogP contribution in [0.15, 0.2) is 65.7 Å². The highest BCUT2D eigenvalue weighted by molar-refractivity contribution is 6.32. The predicted octanol–water partition coefficient (Wildman–Crippen LogP) is 5.10. The van der Waals surface area contributed by atoms with Gasteiger partial charge in [0.15, 0.2) is 0 Å². The van der Waals surface area contributed by atoms with Crippen LogP contribution in [0, 0.1) is 12.3 Å². The molecule has 9 heteroatoms. The fraction of sp³-hybridized carbons (Fsp3) is 0.312. The van der Waals surface area contributed by atoms with Crippen LogP contribution in [0.3, 0.4) is 0 Å². The molecule has 8 nitrogen and oxygen atoms in total. The van der Waals surface area contributed by atoms with Gasteiger partial charge >= 0.3 is 0 Å². The second kappa shape index (κ2) is 12.4. The Balaban J connectivity index is 1.40. The lowest BCUT2D eigenvalue weighted by molar-refractivity contribution is 0.0951. The zero-order valence-corrected chi connectivity index (χ0v) is 24.1. The fourth-order valence-electron chi connectivity index (χ4n) is 5.30. The molecule has 1 aliphatic heterocycles. The van der Waals surface area contributed by atoms with Gasteiger partial charge in [0.1, 0.15) is 0 Å². The predicted molar refractivity (Wildman–Crippen MR) is 165 cm³/mol. The van der Waals surface area contributed by atoms with Crippen LogP contribution in [-0.4, -0.2) is 40.1 Å². The van der Waals surface area contributed by atoms with Crippen LogP contribution in [-0.2, 0) is 13.6 Å². The van der Waals surface area contributed by atoms with E-state index in [1.165, 1.54) is 6.42 Å². The van der Waals surface area contributed by atoms with E-state index in [9.17, 15) is 9.59 Å². The number of halogens is 1. The number of nitrogens with one attached hydrogen (secondary N) is 1. The number of terminal acetylenes is 1. The maximum Gasteiger partial charge on any atom is 0.262 e. The van der Waals surface area contributed by atoms with Crippen molar-refractivity contribution in [3.05, 3.63) is 93.0 Å². The summed E-state index contributed by atoms with van der Waals surface area (Å²) in [4.78, 5) is 39.3. The van der Waals surface area contributed by atoms with Crippen molar-refractivity contribution in [2.24, 2.45) is 7.05 Å². The molecular weight excluding hydrogens is 536 g/mol. The van der Waals surface area contributed by atoms with E-state index in [0.717, 1.165) is 42.7 Å². The van der Waals surface area contributed by atoms with E-state index in [0.29, 0.717) is 40.5 Å². The first-order valence-corrected chi connectivity index (χ1v) is 14.2. The first-order valence-electron chi connectivity index (χ1n) is 13.8. The largest absolute Gasteiger partial charge is 0.354 e. The second-order valence-corrected chi connectivity index (χ2v) is 10.7. The summed E-state index contributed by atoms with van der Waals surface area (Å²) >= 11 is 6.81. The summed E-state index contributed by atoms with van der Waals surface area (Å²) in [5.41, 5.74) is 3.55. The molecule has 3 heterocycles. The normalized spacial score (nSPS) is 14.0. The van der Waals surface area contributed by atoms with Crippen molar-refractivity contribution in [1.29, 1.82) is 0 Å². The lowest BCUT2D eigenvalue weighted by Crippen LogP contribution is -2.35. The first kappa shape index (κ1) is 28.2. The van der Waals surface area contributed by atoms with Crippen molar-refractivity contribution < 1.29 is 4.79 Å². The lowest BCUT2D eigenvalue weighted by Gasteiger charge is -2.31. The molecule has 0 saturated carbocycles. The summed E-state index contributed by atoms with van der Waals surface area (Å²) in [7, 11) is 1.77. The third-order valence-corrected chi connectivity index (χ3v) is 7.95. The van der Waals surface area contributed by atoms with Gasteiger partial charge in [-0.1, -0.05) is 23.6 Å². The van der Waals surface area contributed by atoms with Gasteiger partial charge in [0.05, 0.1) is 23.5 Å². The van der Waals surface area contributed by atoms with Crippen molar-refractivity contribution in [2.45, 2.75) is 38.8 Å². The summed E-state index contributed by atoms with van der Waals surface area (Å²) in [6.07, 6.45) is 12.5. The molecule has 1 atom stereocenters. The molecule has 1 saturated heterocycles. The van der Waals surface area contributed by atoms with Gasteiger partial charge in [-0.15, -0.1) is 6.42 Å². The Morgan fingerprint density at radius 2 is 1.93 bits per heavy atom. The molecule has 0 spiro atoms. The standard InChI is InChI=1S/C32H33ClN6O2/c1-4-15-39(25-12-10-24(11-13-25)30(40)35-21-23-9-8-14-34-20-23)22(2)26-18-27-29(19-28(26)33)36-32(37(3)31(27)41)38-16-6-5-7-17-38/h1,8-14,18-20,22H,5-7,15-17,21H2,2-3H3,(H,35,40). The minimum Gasteiger partial charge on any atom is -0.354 e. The number of carbonyl (C=O) groups is 1. The fourth-order valence-corrected chi connectivity index (χ4v) is 5.62. The highest BCUT2D eigenvalue weighted by atomic mass is 35.5. The van der Waals surface area contributed by atoms with E-state index in [-0.39, 0.29) is 17.5 Å². The number of fused-ring (bicyclic) bond motifs is 1. The van der Waals surface area contributed by atoms with E-state index < -0.39 is 0 Å². The number of benzene rings is 2. The van der Waals surface area contributed by atoms with Crippen molar-refractivity contribution in [3.63, 3.8) is 0 Å². The molecule has 1 N–H and O–H groups in total. The van der Waals surface area contributed by atoms with Crippen LogP contribution >= 0.6 is 11.6 Å². The van der Waals surface area contributed by atoms with Gasteiger partial charge in [-0.05, 0) is 79.8 Å². The quantitative estimate of drug-likeness (QED) is 0.298. The maximum absolute atomic E-state index is 13.5. The zero-order valence-electron chi connectivity index (χ0n) is 23.3. The molecule has 1 amide bonds. The van der Waals surface area contributed by atoms with Crippen LogP contribution in [0.1, 0.15) is 53.7 Å². The Morgan fingerprint density at radius 1 is 1.17 bits per heavy atom. The van der Waals surface area contributed by atoms with Crippen LogP contribution < -0.4 is 20.7 Å². The van der Waals surface area contributed by atoms with E-state index in [1.54, 1.807) is 42.2 Å².